The molecule has 1 aromatic rings. The zero-order valence-corrected chi connectivity index (χ0v) is 7.15. The molecule has 0 aliphatic carbocycles. The Bertz CT molecular complexity index is 284. The minimum absolute atomic E-state index is 0.0505. The predicted octanol–water partition coefficient (Wildman–Crippen LogP) is 0.657. The molecule has 0 saturated carbocycles. The summed E-state index contributed by atoms with van der Waals surface area (Å²) >= 11 is 0. The summed E-state index contributed by atoms with van der Waals surface area (Å²) in [4.78, 5) is 12.4. The Morgan fingerprint density at radius 3 is 2.92 bits per heavy atom. The minimum Gasteiger partial charge on any atom is -0.313 e. The lowest BCUT2D eigenvalue weighted by Gasteiger charge is -2.04. The number of pyridine rings is 1. The van der Waals surface area contributed by atoms with E-state index in [-0.39, 0.29) is 6.61 Å². The summed E-state index contributed by atoms with van der Waals surface area (Å²) in [6, 6.07) is 5.17. The second kappa shape index (κ2) is 3.78. The van der Waals surface area contributed by atoms with Gasteiger partial charge >= 0.3 is 7.75 Å². The number of nitrogens with zero attached hydrogens (tertiary/aromatic N) is 1. The molecule has 5 nitrogen and oxygen atoms in total. The molecule has 66 valence electrons. The molecule has 1 aromatic heterocycles. The van der Waals surface area contributed by atoms with E-state index in [1.165, 1.54) is 0 Å². The standard InChI is InChI=1S/C6H9N2O3P/c7-12(9,10)11-5-6-3-1-2-4-8-6/h1-4H,5H2,(H3,7,9,10). The molecular formula is C6H9N2O3P. The van der Waals surface area contributed by atoms with Crippen LogP contribution in [0.3, 0.4) is 0 Å². The van der Waals surface area contributed by atoms with Crippen molar-refractivity contribution >= 4 is 7.75 Å². The number of hydrogen-bond acceptors (Lipinski definition) is 3. The maximum Gasteiger partial charge on any atom is 0.400 e. The summed E-state index contributed by atoms with van der Waals surface area (Å²) in [5, 5.41) is 0. The molecule has 1 atom stereocenters. The van der Waals surface area contributed by atoms with E-state index < -0.39 is 7.75 Å². The van der Waals surface area contributed by atoms with Crippen molar-refractivity contribution in [3.05, 3.63) is 30.1 Å². The van der Waals surface area contributed by atoms with Crippen LogP contribution in [-0.2, 0) is 15.7 Å². The smallest absolute Gasteiger partial charge is 0.313 e. The van der Waals surface area contributed by atoms with E-state index in [2.05, 4.69) is 9.51 Å². The van der Waals surface area contributed by atoms with Crippen molar-refractivity contribution in [3.63, 3.8) is 0 Å². The van der Waals surface area contributed by atoms with Gasteiger partial charge in [-0.25, -0.2) is 10.1 Å². The molecule has 0 amide bonds. The van der Waals surface area contributed by atoms with Crippen LogP contribution in [0, 0.1) is 0 Å². The van der Waals surface area contributed by atoms with Crippen LogP contribution in [0.5, 0.6) is 0 Å². The van der Waals surface area contributed by atoms with Crippen LogP contribution < -0.4 is 5.50 Å². The summed E-state index contributed by atoms with van der Waals surface area (Å²) in [6.07, 6.45) is 1.57. The topological polar surface area (TPSA) is 85.4 Å². The zero-order chi connectivity index (χ0) is 9.03. The first kappa shape index (κ1) is 9.35. The molecule has 0 fully saturated rings. The first-order chi connectivity index (χ1) is 5.58. The van der Waals surface area contributed by atoms with Crippen molar-refractivity contribution in [3.8, 4) is 0 Å². The maximum absolute atomic E-state index is 10.5. The molecule has 0 aliphatic rings. The highest BCUT2D eigenvalue weighted by Crippen LogP contribution is 2.31. The SMILES string of the molecule is NP(=O)(O)OCc1ccccn1. The van der Waals surface area contributed by atoms with Gasteiger partial charge in [0.15, 0.2) is 0 Å². The molecule has 0 aliphatic heterocycles. The third kappa shape index (κ3) is 3.59. The largest absolute Gasteiger partial charge is 0.400 e. The second-order valence-corrected chi connectivity index (χ2v) is 3.55. The fourth-order valence-corrected chi connectivity index (χ4v) is 0.959. The van der Waals surface area contributed by atoms with Gasteiger partial charge < -0.3 is 4.89 Å². The molecule has 0 spiro atoms. The Morgan fingerprint density at radius 2 is 2.42 bits per heavy atom. The fraction of sp³-hybridized carbons (Fsp3) is 0.167. The molecule has 1 heterocycles. The lowest BCUT2D eigenvalue weighted by atomic mass is 10.4. The van der Waals surface area contributed by atoms with Gasteiger partial charge in [0, 0.05) is 6.20 Å². The quantitative estimate of drug-likeness (QED) is 0.680. The number of hydrogen-bond donors (Lipinski definition) is 2. The Hall–Kier alpha value is -0.740. The molecule has 0 bridgehead atoms. The maximum atomic E-state index is 10.5. The third-order valence-electron chi connectivity index (χ3n) is 1.12. The minimum atomic E-state index is -3.87. The van der Waals surface area contributed by atoms with Gasteiger partial charge in [0.05, 0.1) is 12.3 Å². The van der Waals surface area contributed by atoms with Gasteiger partial charge in [-0.3, -0.25) is 9.51 Å². The zero-order valence-electron chi connectivity index (χ0n) is 6.25. The normalized spacial score (nSPS) is 15.5. The average Bonchev–Trinajstić information content (AvgIpc) is 2.02. The Labute approximate surface area is 69.8 Å². The lowest BCUT2D eigenvalue weighted by Crippen LogP contribution is -1.99. The average molecular weight is 188 g/mol. The van der Waals surface area contributed by atoms with Gasteiger partial charge in [-0.1, -0.05) is 6.07 Å². The Kier molecular flexibility index (Phi) is 2.94. The van der Waals surface area contributed by atoms with Crippen LogP contribution in [0.1, 0.15) is 5.69 Å². The van der Waals surface area contributed by atoms with Gasteiger partial charge in [0.2, 0.25) is 0 Å². The van der Waals surface area contributed by atoms with E-state index in [9.17, 15) is 4.57 Å². The molecule has 12 heavy (non-hydrogen) atoms. The Balaban J connectivity index is 2.50. The van der Waals surface area contributed by atoms with Crippen LogP contribution in [0.4, 0.5) is 0 Å². The lowest BCUT2D eigenvalue weighted by molar-refractivity contribution is 0.248. The van der Waals surface area contributed by atoms with Gasteiger partial charge in [0.1, 0.15) is 0 Å². The molecular weight excluding hydrogens is 179 g/mol. The monoisotopic (exact) mass is 188 g/mol. The molecule has 0 aromatic carbocycles. The molecule has 1 rings (SSSR count). The molecule has 6 heteroatoms. The number of rotatable bonds is 3. The van der Waals surface area contributed by atoms with Crippen molar-refractivity contribution in [1.29, 1.82) is 0 Å². The van der Waals surface area contributed by atoms with Crippen molar-refractivity contribution in [2.24, 2.45) is 5.50 Å². The summed E-state index contributed by atoms with van der Waals surface area (Å²) in [5.41, 5.74) is 5.31. The van der Waals surface area contributed by atoms with Gasteiger partial charge in [-0.15, -0.1) is 0 Å². The highest BCUT2D eigenvalue weighted by atomic mass is 31.2. The molecule has 1 unspecified atom stereocenters. The number of aromatic nitrogens is 1. The summed E-state index contributed by atoms with van der Waals surface area (Å²) in [6.45, 7) is -0.0505. The van der Waals surface area contributed by atoms with E-state index in [0.717, 1.165) is 0 Å². The summed E-state index contributed by atoms with van der Waals surface area (Å²) in [7, 11) is -3.87. The van der Waals surface area contributed by atoms with Gasteiger partial charge in [-0.2, -0.15) is 0 Å². The predicted molar refractivity (Wildman–Crippen MR) is 43.0 cm³/mol. The van der Waals surface area contributed by atoms with Crippen molar-refractivity contribution in [2.75, 3.05) is 0 Å². The summed E-state index contributed by atoms with van der Waals surface area (Å²) < 4.78 is 14.9. The molecule has 0 radical (unpaired) electrons. The van der Waals surface area contributed by atoms with E-state index in [1.54, 1.807) is 24.4 Å². The Morgan fingerprint density at radius 1 is 1.67 bits per heavy atom. The highest BCUT2D eigenvalue weighted by Gasteiger charge is 2.10. The van der Waals surface area contributed by atoms with E-state index >= 15 is 0 Å². The van der Waals surface area contributed by atoms with Gasteiger partial charge in [-0.05, 0) is 12.1 Å². The highest BCUT2D eigenvalue weighted by molar-refractivity contribution is 7.50. The van der Waals surface area contributed by atoms with Crippen molar-refractivity contribution < 1.29 is 14.0 Å². The van der Waals surface area contributed by atoms with Crippen LogP contribution in [-0.4, -0.2) is 9.88 Å². The van der Waals surface area contributed by atoms with Crippen molar-refractivity contribution in [2.45, 2.75) is 6.61 Å². The van der Waals surface area contributed by atoms with Gasteiger partial charge in [0.25, 0.3) is 0 Å². The van der Waals surface area contributed by atoms with E-state index in [1.807, 2.05) is 0 Å². The number of nitrogens with two attached hydrogens (primary N) is 1. The summed E-state index contributed by atoms with van der Waals surface area (Å²) in [5.74, 6) is 0. The first-order valence-corrected chi connectivity index (χ1v) is 4.88. The third-order valence-corrected chi connectivity index (χ3v) is 1.62. The van der Waals surface area contributed by atoms with Crippen LogP contribution in [0.15, 0.2) is 24.4 Å². The van der Waals surface area contributed by atoms with E-state index in [0.29, 0.717) is 5.69 Å². The first-order valence-electron chi connectivity index (χ1n) is 3.24. The van der Waals surface area contributed by atoms with Crippen molar-refractivity contribution in [1.82, 2.24) is 4.98 Å². The molecule has 3 N–H and O–H groups in total. The fourth-order valence-electron chi connectivity index (χ4n) is 0.642. The van der Waals surface area contributed by atoms with E-state index in [4.69, 9.17) is 10.4 Å². The van der Waals surface area contributed by atoms with Crippen LogP contribution in [0.25, 0.3) is 0 Å². The second-order valence-electron chi connectivity index (χ2n) is 2.16. The van der Waals surface area contributed by atoms with Crippen LogP contribution in [0.2, 0.25) is 0 Å². The molecule has 0 saturated heterocycles. The van der Waals surface area contributed by atoms with Crippen LogP contribution >= 0.6 is 7.75 Å².